The van der Waals surface area contributed by atoms with E-state index in [-0.39, 0.29) is 22.4 Å². The highest BCUT2D eigenvalue weighted by Crippen LogP contribution is 2.41. The van der Waals surface area contributed by atoms with Gasteiger partial charge in [-0.3, -0.25) is 14.5 Å². The molecule has 25 heavy (non-hydrogen) atoms. The van der Waals surface area contributed by atoms with E-state index >= 15 is 0 Å². The van der Waals surface area contributed by atoms with Gasteiger partial charge in [0.15, 0.2) is 5.43 Å². The van der Waals surface area contributed by atoms with Crippen LogP contribution in [0, 0.1) is 0 Å². The van der Waals surface area contributed by atoms with E-state index in [0.29, 0.717) is 17.1 Å². The number of nitrogens with zero attached hydrogens (tertiary/aromatic N) is 1. The van der Waals surface area contributed by atoms with Gasteiger partial charge in [-0.25, -0.2) is 4.79 Å². The van der Waals surface area contributed by atoms with Crippen LogP contribution in [0.15, 0.2) is 37.8 Å². The quantitative estimate of drug-likeness (QED) is 0.585. The lowest BCUT2D eigenvalue weighted by atomic mass is 10.0. The van der Waals surface area contributed by atoms with Crippen molar-refractivity contribution in [2.45, 2.75) is 15.6 Å². The third kappa shape index (κ3) is 2.81. The van der Waals surface area contributed by atoms with E-state index in [1.165, 1.54) is 51.1 Å². The molecule has 2 unspecified atom stereocenters. The molecule has 2 aliphatic heterocycles. The van der Waals surface area contributed by atoms with Crippen molar-refractivity contribution in [3.63, 3.8) is 0 Å². The Labute approximate surface area is 158 Å². The Bertz CT molecular complexity index is 979. The lowest BCUT2D eigenvalue weighted by Crippen LogP contribution is -2.68. The molecule has 0 bridgehead atoms. The van der Waals surface area contributed by atoms with Gasteiger partial charge in [0, 0.05) is 17.6 Å². The van der Waals surface area contributed by atoms with E-state index in [0.717, 1.165) is 13.6 Å². The monoisotopic (exact) mass is 412 g/mol. The summed E-state index contributed by atoms with van der Waals surface area (Å²) in [7, 11) is 0. The van der Waals surface area contributed by atoms with E-state index in [1.807, 2.05) is 11.4 Å². The first-order chi connectivity index (χ1) is 12.0. The van der Waals surface area contributed by atoms with Gasteiger partial charge in [0.1, 0.15) is 17.1 Å². The van der Waals surface area contributed by atoms with Crippen LogP contribution in [0.25, 0.3) is 9.40 Å². The van der Waals surface area contributed by atoms with Crippen LogP contribution in [-0.2, 0) is 9.59 Å². The van der Waals surface area contributed by atoms with Gasteiger partial charge in [0.2, 0.25) is 5.91 Å². The number of hydrogen-bond donors (Lipinski definition) is 2. The summed E-state index contributed by atoms with van der Waals surface area (Å²) in [6.07, 6.45) is 0. The molecule has 2 aromatic heterocycles. The average molecular weight is 413 g/mol. The van der Waals surface area contributed by atoms with Gasteiger partial charge in [0.25, 0.3) is 0 Å². The molecule has 2 aromatic rings. The van der Waals surface area contributed by atoms with Crippen molar-refractivity contribution < 1.29 is 14.7 Å². The number of carbonyl (C=O) groups is 2. The van der Waals surface area contributed by atoms with Crippen LogP contribution >= 0.6 is 46.2 Å². The van der Waals surface area contributed by atoms with Gasteiger partial charge in [-0.05, 0) is 17.0 Å². The summed E-state index contributed by atoms with van der Waals surface area (Å²) in [4.78, 5) is 37.0. The zero-order valence-corrected chi connectivity index (χ0v) is 15.9. The number of carboxylic acid groups (broad SMARTS) is 1. The fourth-order valence-corrected chi connectivity index (χ4v) is 7.40. The van der Waals surface area contributed by atoms with Crippen molar-refractivity contribution in [3.05, 3.63) is 39.0 Å². The maximum atomic E-state index is 12.1. The molecule has 130 valence electrons. The number of β-lactam (4-membered cyclic amide) rings is 1. The number of thiophene rings is 1. The maximum absolute atomic E-state index is 12.1. The molecule has 4 heterocycles. The molecule has 3 N–H and O–H groups in total. The molecule has 0 radical (unpaired) electrons. The molecule has 0 saturated carbocycles. The highest BCUT2D eigenvalue weighted by atomic mass is 32.2. The molecule has 2 aliphatic rings. The number of amides is 1. The van der Waals surface area contributed by atoms with Crippen LogP contribution in [0.2, 0.25) is 0 Å². The van der Waals surface area contributed by atoms with Crippen LogP contribution < -0.4 is 11.2 Å². The topological polar surface area (TPSA) is 101 Å². The first kappa shape index (κ1) is 17.1. The molecule has 1 amide bonds. The minimum Gasteiger partial charge on any atom is -0.477 e. The van der Waals surface area contributed by atoms with Crippen LogP contribution in [0.1, 0.15) is 0 Å². The van der Waals surface area contributed by atoms with Crippen molar-refractivity contribution in [2.24, 2.45) is 5.73 Å². The third-order valence-electron chi connectivity index (χ3n) is 3.99. The molecule has 6 nitrogen and oxygen atoms in total. The van der Waals surface area contributed by atoms with Gasteiger partial charge in [-0.2, -0.15) is 0 Å². The fraction of sp³-hybridized carbons (Fsp3) is 0.267. The van der Waals surface area contributed by atoms with E-state index in [1.54, 1.807) is 6.07 Å². The Kier molecular flexibility index (Phi) is 4.40. The molecule has 2 atom stereocenters. The summed E-state index contributed by atoms with van der Waals surface area (Å²) < 4.78 is 2.53. The predicted octanol–water partition coefficient (Wildman–Crippen LogP) is 2.00. The summed E-state index contributed by atoms with van der Waals surface area (Å²) >= 11 is 5.86. The number of thioether (sulfide) groups is 2. The lowest BCUT2D eigenvalue weighted by Gasteiger charge is -2.48. The van der Waals surface area contributed by atoms with Crippen molar-refractivity contribution >= 4 is 67.5 Å². The second-order valence-corrected chi connectivity index (χ2v) is 9.91. The van der Waals surface area contributed by atoms with Gasteiger partial charge in [-0.15, -0.1) is 46.2 Å². The first-order valence-electron chi connectivity index (χ1n) is 7.27. The largest absolute Gasteiger partial charge is 0.477 e. The summed E-state index contributed by atoms with van der Waals surface area (Å²) in [5.74, 6) is -0.512. The summed E-state index contributed by atoms with van der Waals surface area (Å²) in [6, 6.07) is 2.89. The van der Waals surface area contributed by atoms with Crippen molar-refractivity contribution in [2.75, 3.05) is 11.5 Å². The Hall–Kier alpha value is -1.33. The summed E-state index contributed by atoms with van der Waals surface area (Å²) in [6.45, 7) is 0. The summed E-state index contributed by atoms with van der Waals surface area (Å²) in [5, 5.41) is 11.1. The van der Waals surface area contributed by atoms with Crippen LogP contribution in [0.5, 0.6) is 0 Å². The second-order valence-electron chi connectivity index (χ2n) is 5.53. The van der Waals surface area contributed by atoms with Gasteiger partial charge >= 0.3 is 5.97 Å². The van der Waals surface area contributed by atoms with E-state index < -0.39 is 12.0 Å². The first-order valence-corrected chi connectivity index (χ1v) is 11.0. The highest BCUT2D eigenvalue weighted by molar-refractivity contribution is 8.02. The second kappa shape index (κ2) is 6.44. The van der Waals surface area contributed by atoms with Crippen LogP contribution in [-0.4, -0.2) is 44.8 Å². The number of aliphatic carboxylic acids is 1. The molecule has 0 aromatic carbocycles. The Morgan fingerprint density at radius 1 is 1.44 bits per heavy atom. The Morgan fingerprint density at radius 3 is 3.00 bits per heavy atom. The Balaban J connectivity index is 1.61. The van der Waals surface area contributed by atoms with E-state index in [4.69, 9.17) is 5.73 Å². The van der Waals surface area contributed by atoms with Gasteiger partial charge in [-0.1, -0.05) is 0 Å². The molecule has 1 saturated heterocycles. The molecule has 10 heteroatoms. The zero-order valence-electron chi connectivity index (χ0n) is 12.6. The number of carboxylic acids is 1. The van der Waals surface area contributed by atoms with E-state index in [9.17, 15) is 19.5 Å². The number of fused-ring (bicyclic) bond motifs is 2. The van der Waals surface area contributed by atoms with Crippen molar-refractivity contribution in [1.82, 2.24) is 4.90 Å². The number of rotatable bonds is 4. The average Bonchev–Trinajstić information content (AvgIpc) is 3.07. The maximum Gasteiger partial charge on any atom is 0.352 e. The highest BCUT2D eigenvalue weighted by Gasteiger charge is 2.51. The smallest absolute Gasteiger partial charge is 0.352 e. The van der Waals surface area contributed by atoms with Crippen molar-refractivity contribution in [3.8, 4) is 0 Å². The molecule has 0 spiro atoms. The predicted molar refractivity (Wildman–Crippen MR) is 102 cm³/mol. The minimum absolute atomic E-state index is 0.0133. The third-order valence-corrected chi connectivity index (χ3v) is 8.79. The molecular formula is C15H12N2O4S4. The van der Waals surface area contributed by atoms with E-state index in [2.05, 4.69) is 0 Å². The number of nitrogens with two attached hydrogens (primary N) is 1. The van der Waals surface area contributed by atoms with Gasteiger partial charge < -0.3 is 10.8 Å². The number of hydrogen-bond acceptors (Lipinski definition) is 8. The van der Waals surface area contributed by atoms with Gasteiger partial charge in [0.05, 0.1) is 13.6 Å². The SMILES string of the molecule is NC1C(=O)N2C(C(=O)O)=C(CSc3cc(=O)c4sccc4s3)CSC12. The number of carbonyl (C=O) groups excluding carboxylic acids is 1. The van der Waals surface area contributed by atoms with Crippen LogP contribution in [0.4, 0.5) is 0 Å². The normalized spacial score (nSPS) is 22.9. The fourth-order valence-electron chi connectivity index (χ4n) is 2.79. The molecule has 4 rings (SSSR count). The zero-order chi connectivity index (χ0) is 17.7. The van der Waals surface area contributed by atoms with Crippen molar-refractivity contribution in [1.29, 1.82) is 0 Å². The molecule has 1 fully saturated rings. The standard InChI is InChI=1S/C15H12N2O4S4/c16-10-13(19)17-11(15(20)21)6(5-24-14(10)17)4-23-9-3-7(18)12-8(25-9)1-2-22-12/h1-3,10,14H,4-5,16H2,(H,20,21). The summed E-state index contributed by atoms with van der Waals surface area (Å²) in [5.41, 5.74) is 6.46. The molecule has 0 aliphatic carbocycles. The lowest BCUT2D eigenvalue weighted by molar-refractivity contribution is -0.147. The molecular weight excluding hydrogens is 400 g/mol. The minimum atomic E-state index is -1.11. The van der Waals surface area contributed by atoms with Crippen LogP contribution in [0.3, 0.4) is 0 Å². The Morgan fingerprint density at radius 2 is 2.24 bits per heavy atom.